The molecule has 0 saturated heterocycles. The minimum Gasteiger partial charge on any atom is -0.476 e. The summed E-state index contributed by atoms with van der Waals surface area (Å²) in [5.41, 5.74) is 6.80. The minimum atomic E-state index is -0.762. The highest BCUT2D eigenvalue weighted by molar-refractivity contribution is 6.34. The first-order valence-electron chi connectivity index (χ1n) is 10.6. The molecule has 2 aromatic rings. The van der Waals surface area contributed by atoms with Gasteiger partial charge >= 0.3 is 0 Å². The van der Waals surface area contributed by atoms with Gasteiger partial charge in [0.1, 0.15) is 23.2 Å². The highest BCUT2D eigenvalue weighted by Crippen LogP contribution is 2.39. The molecule has 1 aliphatic heterocycles. The smallest absolute Gasteiger partial charge is 0.261 e. The third-order valence-electron chi connectivity index (χ3n) is 5.36. The van der Waals surface area contributed by atoms with Crippen molar-refractivity contribution in [3.05, 3.63) is 51.7 Å². The van der Waals surface area contributed by atoms with Gasteiger partial charge in [0.25, 0.3) is 11.8 Å². The van der Waals surface area contributed by atoms with Crippen molar-refractivity contribution >= 4 is 34.9 Å². The molecule has 1 aromatic heterocycles. The minimum absolute atomic E-state index is 0.0233. The molecule has 3 N–H and O–H groups in total. The van der Waals surface area contributed by atoms with Gasteiger partial charge in [-0.3, -0.25) is 9.59 Å². The summed E-state index contributed by atoms with van der Waals surface area (Å²) in [6.07, 6.45) is 9.00. The van der Waals surface area contributed by atoms with Gasteiger partial charge < -0.3 is 15.6 Å². The van der Waals surface area contributed by atoms with Crippen LogP contribution in [0.4, 0.5) is 15.9 Å². The number of ether oxygens (including phenoxy) is 1. The summed E-state index contributed by atoms with van der Waals surface area (Å²) >= 11 is 5.97. The fourth-order valence-electron chi connectivity index (χ4n) is 3.60. The lowest BCUT2D eigenvalue weighted by atomic mass is 9.93. The van der Waals surface area contributed by atoms with E-state index in [0.717, 1.165) is 23.8 Å². The maximum Gasteiger partial charge on any atom is 0.261 e. The zero-order chi connectivity index (χ0) is 25.0. The molecule has 34 heavy (non-hydrogen) atoms. The Morgan fingerprint density at radius 3 is 2.44 bits per heavy atom. The molecule has 0 bridgehead atoms. The second kappa shape index (κ2) is 10.6. The molecular weight excluding hydrogens is 463 g/mol. The van der Waals surface area contributed by atoms with Crippen molar-refractivity contribution in [2.45, 2.75) is 52.2 Å². The number of carbonyl (C=O) groups excluding carboxylic acids is 2. The standard InChI is InChI=1S/C18H15ClFNO3.C6H9N3O/c1-3-10(2)24-16-9-15(14(20)8-13(16)19)21-17(22)11-6-4-5-7-12(11)18(21)23;1-4-8-2-5(3-10)6(7)9-4/h1,8-10H,4-7H2,2H3;2,10H,3H2,1H3,(H2,7,8,9). The SMILES string of the molecule is C#CC(C)Oc1cc(N2C(=O)C3=C(CCCC3)C2=O)c(F)cc1Cl.Cc1ncc(CO)c(N)n1. The summed E-state index contributed by atoms with van der Waals surface area (Å²) in [5.74, 6) is 1.78. The number of nitrogens with zero attached hydrogens (tertiary/aromatic N) is 3. The van der Waals surface area contributed by atoms with Crippen LogP contribution in [0.1, 0.15) is 44.0 Å². The topological polar surface area (TPSA) is 119 Å². The van der Waals surface area contributed by atoms with E-state index in [4.69, 9.17) is 33.6 Å². The molecular formula is C24H24ClFN4O4. The highest BCUT2D eigenvalue weighted by atomic mass is 35.5. The van der Waals surface area contributed by atoms with Crippen LogP contribution in [0.5, 0.6) is 5.75 Å². The summed E-state index contributed by atoms with van der Waals surface area (Å²) in [4.78, 5) is 33.7. The van der Waals surface area contributed by atoms with Crippen molar-refractivity contribution in [2.24, 2.45) is 0 Å². The summed E-state index contributed by atoms with van der Waals surface area (Å²) in [6.45, 7) is 3.27. The van der Waals surface area contributed by atoms with E-state index in [9.17, 15) is 14.0 Å². The number of nitrogens with two attached hydrogens (primary N) is 1. The molecule has 1 aliphatic carbocycles. The van der Waals surface area contributed by atoms with E-state index in [-0.39, 0.29) is 23.1 Å². The van der Waals surface area contributed by atoms with E-state index in [1.54, 1.807) is 13.8 Å². The average Bonchev–Trinajstić information content (AvgIpc) is 3.06. The predicted molar refractivity (Wildman–Crippen MR) is 125 cm³/mol. The number of aromatic nitrogens is 2. The van der Waals surface area contributed by atoms with Crippen LogP contribution in [-0.2, 0) is 16.2 Å². The van der Waals surface area contributed by atoms with E-state index in [0.29, 0.717) is 41.2 Å². The number of amides is 2. The number of nitrogen functional groups attached to an aromatic ring is 1. The van der Waals surface area contributed by atoms with E-state index in [1.807, 2.05) is 0 Å². The first-order valence-corrected chi connectivity index (χ1v) is 11.0. The maximum absolute atomic E-state index is 14.4. The zero-order valence-electron chi connectivity index (χ0n) is 18.8. The number of aliphatic hydroxyl groups excluding tert-OH is 1. The summed E-state index contributed by atoms with van der Waals surface area (Å²) in [5, 5.41) is 8.67. The van der Waals surface area contributed by atoms with Crippen LogP contribution in [0.2, 0.25) is 5.02 Å². The normalized spacial score (nSPS) is 15.9. The van der Waals surface area contributed by atoms with Gasteiger partial charge in [0.05, 0.1) is 17.3 Å². The van der Waals surface area contributed by atoms with Crippen LogP contribution in [0.15, 0.2) is 29.5 Å². The van der Waals surface area contributed by atoms with Crippen LogP contribution in [-0.4, -0.2) is 33.0 Å². The third kappa shape index (κ3) is 5.19. The van der Waals surface area contributed by atoms with Crippen LogP contribution in [0.3, 0.4) is 0 Å². The second-order valence-electron chi connectivity index (χ2n) is 7.76. The zero-order valence-corrected chi connectivity index (χ0v) is 19.5. The molecule has 2 aliphatic rings. The number of aliphatic hydroxyl groups is 1. The lowest BCUT2D eigenvalue weighted by Crippen LogP contribution is -2.32. The van der Waals surface area contributed by atoms with Crippen LogP contribution in [0.25, 0.3) is 0 Å². The van der Waals surface area contributed by atoms with Gasteiger partial charge in [-0.05, 0) is 45.6 Å². The fraction of sp³-hybridized carbons (Fsp3) is 0.333. The molecule has 1 aromatic carbocycles. The molecule has 10 heteroatoms. The Hall–Kier alpha value is -3.48. The van der Waals surface area contributed by atoms with Crippen molar-refractivity contribution in [1.82, 2.24) is 9.97 Å². The molecule has 0 fully saturated rings. The largest absolute Gasteiger partial charge is 0.476 e. The van der Waals surface area contributed by atoms with Gasteiger partial charge in [-0.1, -0.05) is 17.5 Å². The van der Waals surface area contributed by atoms with Crippen LogP contribution < -0.4 is 15.4 Å². The quantitative estimate of drug-likeness (QED) is 0.501. The Bertz CT molecular complexity index is 1180. The Kier molecular flexibility index (Phi) is 7.87. The lowest BCUT2D eigenvalue weighted by molar-refractivity contribution is -0.120. The molecule has 1 unspecified atom stereocenters. The van der Waals surface area contributed by atoms with Crippen LogP contribution in [0, 0.1) is 25.1 Å². The first-order chi connectivity index (χ1) is 16.2. The summed E-state index contributed by atoms with van der Waals surface area (Å²) in [6, 6.07) is 2.27. The van der Waals surface area contributed by atoms with Gasteiger partial charge in [-0.15, -0.1) is 6.42 Å². The Morgan fingerprint density at radius 1 is 1.29 bits per heavy atom. The number of hydrogen-bond donors (Lipinski definition) is 2. The van der Waals surface area contributed by atoms with Crippen molar-refractivity contribution in [2.75, 3.05) is 10.6 Å². The highest BCUT2D eigenvalue weighted by Gasteiger charge is 2.41. The number of aryl methyl sites for hydroxylation is 1. The number of carbonyl (C=O) groups is 2. The molecule has 178 valence electrons. The molecule has 0 spiro atoms. The van der Waals surface area contributed by atoms with Gasteiger partial charge in [0.2, 0.25) is 0 Å². The molecule has 0 radical (unpaired) electrons. The number of anilines is 2. The molecule has 8 nitrogen and oxygen atoms in total. The van der Waals surface area contributed by atoms with Gasteiger partial charge in [0.15, 0.2) is 6.10 Å². The average molecular weight is 487 g/mol. The number of rotatable bonds is 4. The van der Waals surface area contributed by atoms with E-state index < -0.39 is 23.7 Å². The fourth-order valence-corrected chi connectivity index (χ4v) is 3.79. The van der Waals surface area contributed by atoms with Crippen molar-refractivity contribution < 1.29 is 23.8 Å². The number of benzene rings is 1. The molecule has 2 amide bonds. The number of terminal acetylenes is 1. The number of halogens is 2. The molecule has 0 saturated carbocycles. The number of hydrogen-bond acceptors (Lipinski definition) is 7. The Labute approximate surface area is 201 Å². The summed E-state index contributed by atoms with van der Waals surface area (Å²) < 4.78 is 19.8. The van der Waals surface area contributed by atoms with Gasteiger partial charge in [-0.25, -0.2) is 19.3 Å². The van der Waals surface area contributed by atoms with Crippen LogP contribution >= 0.6 is 11.6 Å². The van der Waals surface area contributed by atoms with Crippen molar-refractivity contribution in [3.8, 4) is 18.1 Å². The Morgan fingerprint density at radius 2 is 1.91 bits per heavy atom. The van der Waals surface area contributed by atoms with E-state index >= 15 is 0 Å². The van der Waals surface area contributed by atoms with E-state index in [1.165, 1.54) is 12.3 Å². The molecule has 1 atom stereocenters. The van der Waals surface area contributed by atoms with Crippen molar-refractivity contribution in [1.29, 1.82) is 0 Å². The van der Waals surface area contributed by atoms with E-state index in [2.05, 4.69) is 15.9 Å². The van der Waals surface area contributed by atoms with Crippen molar-refractivity contribution in [3.63, 3.8) is 0 Å². The monoisotopic (exact) mass is 486 g/mol. The first kappa shape index (κ1) is 25.1. The third-order valence-corrected chi connectivity index (χ3v) is 5.66. The summed E-state index contributed by atoms with van der Waals surface area (Å²) in [7, 11) is 0. The number of imide groups is 1. The predicted octanol–water partition coefficient (Wildman–Crippen LogP) is 3.48. The second-order valence-corrected chi connectivity index (χ2v) is 8.16. The maximum atomic E-state index is 14.4. The Balaban J connectivity index is 0.000000271. The lowest BCUT2D eigenvalue weighted by Gasteiger charge is -2.19. The molecule has 2 heterocycles. The van der Waals surface area contributed by atoms with Gasteiger partial charge in [0, 0.05) is 29.0 Å². The van der Waals surface area contributed by atoms with Gasteiger partial charge in [-0.2, -0.15) is 0 Å². The molecule has 4 rings (SSSR count).